The van der Waals surface area contributed by atoms with Crippen molar-refractivity contribution < 1.29 is 26.4 Å². The third-order valence-corrected chi connectivity index (χ3v) is 6.25. The molecule has 8 heteroatoms. The maximum Gasteiger partial charge on any atom is 0.416 e. The summed E-state index contributed by atoms with van der Waals surface area (Å²) in [6.45, 7) is 1.88. The first-order valence-electron chi connectivity index (χ1n) is 6.84. The van der Waals surface area contributed by atoms with Crippen molar-refractivity contribution in [2.45, 2.75) is 36.1 Å². The minimum atomic E-state index is -4.60. The Morgan fingerprint density at radius 3 is 2.55 bits per heavy atom. The molecular formula is C14H16F3NO3S. The van der Waals surface area contributed by atoms with Gasteiger partial charge in [-0.3, -0.25) is 4.79 Å². The average molecular weight is 335 g/mol. The summed E-state index contributed by atoms with van der Waals surface area (Å²) in [4.78, 5) is 10.9. The van der Waals surface area contributed by atoms with Crippen LogP contribution in [-0.4, -0.2) is 26.1 Å². The van der Waals surface area contributed by atoms with Crippen LogP contribution < -0.4 is 5.32 Å². The highest BCUT2D eigenvalue weighted by molar-refractivity contribution is 7.92. The molecule has 1 fully saturated rings. The van der Waals surface area contributed by atoms with Gasteiger partial charge in [0.15, 0.2) is 9.84 Å². The Hall–Kier alpha value is -1.57. The van der Waals surface area contributed by atoms with E-state index in [1.54, 1.807) is 6.92 Å². The van der Waals surface area contributed by atoms with Crippen LogP contribution in [0.25, 0.3) is 0 Å². The van der Waals surface area contributed by atoms with Crippen molar-refractivity contribution in [2.24, 2.45) is 5.92 Å². The van der Waals surface area contributed by atoms with Gasteiger partial charge >= 0.3 is 6.18 Å². The Morgan fingerprint density at radius 1 is 1.36 bits per heavy atom. The third kappa shape index (κ3) is 3.26. The van der Waals surface area contributed by atoms with Crippen LogP contribution in [0.1, 0.15) is 25.3 Å². The number of nitrogens with one attached hydrogen (secondary N) is 1. The van der Waals surface area contributed by atoms with Crippen molar-refractivity contribution in [3.8, 4) is 0 Å². The quantitative estimate of drug-likeness (QED) is 0.919. The van der Waals surface area contributed by atoms with E-state index in [0.29, 0.717) is 6.07 Å². The second-order valence-corrected chi connectivity index (χ2v) is 7.45. The number of benzene rings is 1. The number of carbonyl (C=O) groups is 1. The van der Waals surface area contributed by atoms with E-state index in [9.17, 15) is 26.4 Å². The molecule has 1 aliphatic heterocycles. The zero-order valence-electron chi connectivity index (χ0n) is 11.9. The molecule has 0 aliphatic carbocycles. The zero-order chi connectivity index (χ0) is 16.5. The molecule has 1 heterocycles. The molecule has 0 saturated carbocycles. The minimum Gasteiger partial charge on any atom is -0.356 e. The molecule has 2 unspecified atom stereocenters. The first kappa shape index (κ1) is 16.8. The topological polar surface area (TPSA) is 63.2 Å². The molecular weight excluding hydrogens is 319 g/mol. The fourth-order valence-corrected chi connectivity index (χ4v) is 4.77. The smallest absolute Gasteiger partial charge is 0.356 e. The summed E-state index contributed by atoms with van der Waals surface area (Å²) in [5, 5.41) is 1.68. The van der Waals surface area contributed by atoms with E-state index in [1.165, 1.54) is 0 Å². The van der Waals surface area contributed by atoms with Crippen LogP contribution in [0.5, 0.6) is 0 Å². The number of alkyl halides is 3. The molecule has 1 aliphatic rings. The van der Waals surface area contributed by atoms with Gasteiger partial charge in [0.1, 0.15) is 0 Å². The van der Waals surface area contributed by atoms with Crippen LogP contribution in [0.15, 0.2) is 29.2 Å². The van der Waals surface area contributed by atoms with Gasteiger partial charge < -0.3 is 5.32 Å². The normalized spacial score (nSPS) is 20.7. The standard InChI is InChI=1S/C14H16F3NO3S/c1-2-12(9-6-13(19)18-8-9)22(20,21)11-5-3-4-10(7-11)14(15,16)17/h3-5,7,9,12H,2,6,8H2,1H3,(H,18,19). The minimum absolute atomic E-state index is 0.0801. The van der Waals surface area contributed by atoms with Gasteiger partial charge in [0.05, 0.1) is 15.7 Å². The average Bonchev–Trinajstić information content (AvgIpc) is 2.85. The van der Waals surface area contributed by atoms with Gasteiger partial charge in [0.25, 0.3) is 0 Å². The number of halogens is 3. The molecule has 0 radical (unpaired) electrons. The SMILES string of the molecule is CCC(C1CNC(=O)C1)S(=O)(=O)c1cccc(C(F)(F)F)c1. The fourth-order valence-electron chi connectivity index (χ4n) is 2.72. The lowest BCUT2D eigenvalue weighted by Gasteiger charge is -2.21. The Labute approximate surface area is 126 Å². The molecule has 2 atom stereocenters. The fraction of sp³-hybridized carbons (Fsp3) is 0.500. The molecule has 0 aromatic heterocycles. The highest BCUT2D eigenvalue weighted by Crippen LogP contribution is 2.33. The molecule has 22 heavy (non-hydrogen) atoms. The van der Waals surface area contributed by atoms with Gasteiger partial charge in [0.2, 0.25) is 5.91 Å². The maximum atomic E-state index is 12.7. The van der Waals surface area contributed by atoms with Crippen molar-refractivity contribution in [3.63, 3.8) is 0 Å². The van der Waals surface area contributed by atoms with Crippen molar-refractivity contribution in [3.05, 3.63) is 29.8 Å². The number of amides is 1. The van der Waals surface area contributed by atoms with Crippen molar-refractivity contribution in [1.82, 2.24) is 5.32 Å². The Kier molecular flexibility index (Phi) is 4.51. The van der Waals surface area contributed by atoms with Gasteiger partial charge in [-0.25, -0.2) is 8.42 Å². The molecule has 1 N–H and O–H groups in total. The summed E-state index contributed by atoms with van der Waals surface area (Å²) in [7, 11) is -3.93. The highest BCUT2D eigenvalue weighted by atomic mass is 32.2. The van der Waals surface area contributed by atoms with Crippen LogP contribution >= 0.6 is 0 Å². The Balaban J connectivity index is 2.38. The van der Waals surface area contributed by atoms with Crippen LogP contribution in [0, 0.1) is 5.92 Å². The summed E-state index contributed by atoms with van der Waals surface area (Å²) < 4.78 is 63.5. The van der Waals surface area contributed by atoms with Gasteiger partial charge in [-0.2, -0.15) is 13.2 Å². The molecule has 2 rings (SSSR count). The summed E-state index contributed by atoms with van der Waals surface area (Å²) in [5.41, 5.74) is -0.996. The Bertz CT molecular complexity index is 670. The van der Waals surface area contributed by atoms with Gasteiger partial charge in [0, 0.05) is 18.9 Å². The largest absolute Gasteiger partial charge is 0.416 e. The predicted octanol–water partition coefficient (Wildman–Crippen LogP) is 2.39. The van der Waals surface area contributed by atoms with Gasteiger partial charge in [-0.15, -0.1) is 0 Å². The lowest BCUT2D eigenvalue weighted by atomic mass is 10.0. The van der Waals surface area contributed by atoms with E-state index < -0.39 is 32.7 Å². The molecule has 0 bridgehead atoms. The maximum absolute atomic E-state index is 12.7. The monoisotopic (exact) mass is 335 g/mol. The summed E-state index contributed by atoms with van der Waals surface area (Å²) in [6, 6.07) is 3.74. The van der Waals surface area contributed by atoms with Gasteiger partial charge in [-0.1, -0.05) is 13.0 Å². The van der Waals surface area contributed by atoms with Crippen LogP contribution in [0.3, 0.4) is 0 Å². The number of hydrogen-bond acceptors (Lipinski definition) is 3. The number of rotatable bonds is 4. The highest BCUT2D eigenvalue weighted by Gasteiger charge is 2.38. The molecule has 1 saturated heterocycles. The van der Waals surface area contributed by atoms with E-state index in [-0.39, 0.29) is 30.2 Å². The zero-order valence-corrected chi connectivity index (χ0v) is 12.7. The predicted molar refractivity (Wildman–Crippen MR) is 73.8 cm³/mol. The summed E-state index contributed by atoms with van der Waals surface area (Å²) in [6.07, 6.45) is -4.28. The van der Waals surface area contributed by atoms with E-state index in [0.717, 1.165) is 18.2 Å². The van der Waals surface area contributed by atoms with Crippen molar-refractivity contribution in [1.29, 1.82) is 0 Å². The number of sulfone groups is 1. The van der Waals surface area contributed by atoms with E-state index in [1.807, 2.05) is 0 Å². The summed E-state index contributed by atoms with van der Waals surface area (Å²) >= 11 is 0. The number of hydrogen-bond donors (Lipinski definition) is 1. The van der Waals surface area contributed by atoms with Crippen LogP contribution in [0.4, 0.5) is 13.2 Å². The molecule has 1 amide bonds. The van der Waals surface area contributed by atoms with Crippen LogP contribution in [-0.2, 0) is 20.8 Å². The summed E-state index contributed by atoms with van der Waals surface area (Å²) in [5.74, 6) is -0.653. The third-order valence-electron chi connectivity index (χ3n) is 3.83. The first-order chi connectivity index (χ1) is 10.2. The van der Waals surface area contributed by atoms with E-state index in [4.69, 9.17) is 0 Å². The Morgan fingerprint density at radius 2 is 2.05 bits per heavy atom. The lowest BCUT2D eigenvalue weighted by Crippen LogP contribution is -2.31. The second-order valence-electron chi connectivity index (χ2n) is 5.29. The van der Waals surface area contributed by atoms with Crippen molar-refractivity contribution in [2.75, 3.05) is 6.54 Å². The molecule has 0 spiro atoms. The molecule has 1 aromatic carbocycles. The molecule has 122 valence electrons. The van der Waals surface area contributed by atoms with Crippen LogP contribution in [0.2, 0.25) is 0 Å². The van der Waals surface area contributed by atoms with E-state index in [2.05, 4.69) is 5.32 Å². The number of carbonyl (C=O) groups excluding carboxylic acids is 1. The molecule has 4 nitrogen and oxygen atoms in total. The second kappa shape index (κ2) is 5.91. The first-order valence-corrected chi connectivity index (χ1v) is 8.38. The molecule has 1 aromatic rings. The lowest BCUT2D eigenvalue weighted by molar-refractivity contribution is -0.137. The van der Waals surface area contributed by atoms with Crippen molar-refractivity contribution >= 4 is 15.7 Å². The van der Waals surface area contributed by atoms with Gasteiger partial charge in [-0.05, 0) is 24.6 Å². The van der Waals surface area contributed by atoms with E-state index >= 15 is 0 Å².